The van der Waals surface area contributed by atoms with E-state index < -0.39 is 0 Å². The summed E-state index contributed by atoms with van der Waals surface area (Å²) in [5.41, 5.74) is 1.33. The molecule has 1 amide bonds. The molecule has 0 bridgehead atoms. The van der Waals surface area contributed by atoms with Crippen LogP contribution in [0.2, 0.25) is 5.02 Å². The highest BCUT2D eigenvalue weighted by atomic mass is 35.5. The Morgan fingerprint density at radius 2 is 1.95 bits per heavy atom. The Balaban J connectivity index is 2.14. The maximum absolute atomic E-state index is 12.0. The van der Waals surface area contributed by atoms with Crippen LogP contribution >= 0.6 is 11.6 Å². The number of methoxy groups -OCH3 is 1. The predicted octanol–water partition coefficient (Wildman–Crippen LogP) is 3.27. The van der Waals surface area contributed by atoms with Gasteiger partial charge in [-0.05, 0) is 23.8 Å². The van der Waals surface area contributed by atoms with Crippen molar-refractivity contribution in [2.24, 2.45) is 5.84 Å². The van der Waals surface area contributed by atoms with E-state index in [1.165, 1.54) is 6.08 Å². The number of rotatable bonds is 4. The molecule has 0 spiro atoms. The van der Waals surface area contributed by atoms with E-state index in [4.69, 9.17) is 22.2 Å². The fourth-order valence-electron chi connectivity index (χ4n) is 1.74. The van der Waals surface area contributed by atoms with Gasteiger partial charge in [-0.2, -0.15) is 0 Å². The molecule has 2 aromatic carbocycles. The van der Waals surface area contributed by atoms with Gasteiger partial charge in [-0.25, -0.2) is 10.9 Å². The highest BCUT2D eigenvalue weighted by Gasteiger charge is 2.13. The number of nitrogens with two attached hydrogens (primary N) is 1. The maximum atomic E-state index is 12.0. The van der Waals surface area contributed by atoms with Crippen LogP contribution in [-0.4, -0.2) is 13.0 Å². The minimum Gasteiger partial charge on any atom is -0.497 e. The molecule has 0 heterocycles. The van der Waals surface area contributed by atoms with Crippen LogP contribution in [0.25, 0.3) is 6.08 Å². The average molecular weight is 303 g/mol. The average Bonchev–Trinajstić information content (AvgIpc) is 2.52. The van der Waals surface area contributed by atoms with Crippen LogP contribution in [0.15, 0.2) is 54.6 Å². The summed E-state index contributed by atoms with van der Waals surface area (Å²) in [6, 6.07) is 14.4. The van der Waals surface area contributed by atoms with Crippen LogP contribution < -0.4 is 15.6 Å². The molecule has 0 aliphatic carbocycles. The van der Waals surface area contributed by atoms with Crippen LogP contribution in [0.5, 0.6) is 5.75 Å². The molecular weight excluding hydrogens is 288 g/mol. The lowest BCUT2D eigenvalue weighted by atomic mass is 10.2. The summed E-state index contributed by atoms with van der Waals surface area (Å²) in [5, 5.41) is 1.35. The zero-order valence-corrected chi connectivity index (χ0v) is 12.2. The molecule has 0 saturated heterocycles. The molecule has 5 heteroatoms. The minimum atomic E-state index is -0.370. The van der Waals surface area contributed by atoms with E-state index in [2.05, 4.69) is 0 Å². The molecule has 0 radical (unpaired) electrons. The molecule has 0 atom stereocenters. The maximum Gasteiger partial charge on any atom is 0.265 e. The minimum absolute atomic E-state index is 0.346. The lowest BCUT2D eigenvalue weighted by Crippen LogP contribution is -2.36. The van der Waals surface area contributed by atoms with Gasteiger partial charge in [-0.15, -0.1) is 0 Å². The van der Waals surface area contributed by atoms with Crippen LogP contribution in [0.1, 0.15) is 5.56 Å². The number of benzene rings is 2. The van der Waals surface area contributed by atoms with Crippen molar-refractivity contribution < 1.29 is 9.53 Å². The summed E-state index contributed by atoms with van der Waals surface area (Å²) in [6.45, 7) is 0. The standard InChI is InChI=1S/C16H15ClN2O2/c1-21-13-8-9-15(14(17)11-13)19(18)16(20)10-7-12-5-3-2-4-6-12/h2-11H,18H2,1H3/b10-7+. The second kappa shape index (κ2) is 6.92. The van der Waals surface area contributed by atoms with Gasteiger partial charge in [0, 0.05) is 12.1 Å². The van der Waals surface area contributed by atoms with Gasteiger partial charge >= 0.3 is 0 Å². The van der Waals surface area contributed by atoms with E-state index in [0.717, 1.165) is 10.6 Å². The summed E-state index contributed by atoms with van der Waals surface area (Å²) in [7, 11) is 1.54. The molecule has 108 valence electrons. The smallest absolute Gasteiger partial charge is 0.265 e. The van der Waals surface area contributed by atoms with Crippen molar-refractivity contribution in [2.75, 3.05) is 12.1 Å². The summed E-state index contributed by atoms with van der Waals surface area (Å²) < 4.78 is 5.05. The predicted molar refractivity (Wildman–Crippen MR) is 85.2 cm³/mol. The third-order valence-electron chi connectivity index (χ3n) is 2.87. The van der Waals surface area contributed by atoms with Crippen LogP contribution in [0.3, 0.4) is 0 Å². The van der Waals surface area contributed by atoms with E-state index >= 15 is 0 Å². The zero-order chi connectivity index (χ0) is 15.2. The summed E-state index contributed by atoms with van der Waals surface area (Å²) in [6.07, 6.45) is 3.09. The van der Waals surface area contributed by atoms with Gasteiger partial charge in [0.15, 0.2) is 0 Å². The monoisotopic (exact) mass is 302 g/mol. The van der Waals surface area contributed by atoms with Crippen molar-refractivity contribution in [3.8, 4) is 5.75 Å². The Labute approximate surface area is 128 Å². The number of halogens is 1. The van der Waals surface area contributed by atoms with Gasteiger partial charge in [0.2, 0.25) is 0 Å². The Bertz CT molecular complexity index is 657. The van der Waals surface area contributed by atoms with Crippen molar-refractivity contribution in [2.45, 2.75) is 0 Å². The molecule has 0 aliphatic rings. The number of carbonyl (C=O) groups is 1. The molecule has 0 fully saturated rings. The highest BCUT2D eigenvalue weighted by molar-refractivity contribution is 6.34. The molecule has 0 aliphatic heterocycles. The van der Waals surface area contributed by atoms with Crippen molar-refractivity contribution in [1.29, 1.82) is 0 Å². The van der Waals surface area contributed by atoms with Crippen LogP contribution in [-0.2, 0) is 4.79 Å². The zero-order valence-electron chi connectivity index (χ0n) is 11.5. The Morgan fingerprint density at radius 1 is 1.24 bits per heavy atom. The number of hydrazine groups is 1. The number of carbonyl (C=O) groups excluding carboxylic acids is 1. The molecule has 4 nitrogen and oxygen atoms in total. The van der Waals surface area contributed by atoms with E-state index in [-0.39, 0.29) is 5.91 Å². The third kappa shape index (κ3) is 3.84. The van der Waals surface area contributed by atoms with Crippen molar-refractivity contribution in [3.63, 3.8) is 0 Å². The van der Waals surface area contributed by atoms with Crippen molar-refractivity contribution in [1.82, 2.24) is 0 Å². The molecule has 0 unspecified atom stereocenters. The van der Waals surface area contributed by atoms with Gasteiger partial charge < -0.3 is 4.74 Å². The first-order chi connectivity index (χ1) is 10.1. The summed E-state index contributed by atoms with van der Waals surface area (Å²) >= 11 is 6.09. The van der Waals surface area contributed by atoms with Crippen LogP contribution in [0, 0.1) is 0 Å². The second-order valence-corrected chi connectivity index (χ2v) is 4.68. The molecular formula is C16H15ClN2O2. The Kier molecular flexibility index (Phi) is 4.98. The van der Waals surface area contributed by atoms with Gasteiger partial charge in [0.1, 0.15) is 5.75 Å². The van der Waals surface area contributed by atoms with Gasteiger partial charge in [0.05, 0.1) is 17.8 Å². The number of ether oxygens (including phenoxy) is 1. The first-order valence-electron chi connectivity index (χ1n) is 6.27. The number of nitrogens with zero attached hydrogens (tertiary/aromatic N) is 1. The number of hydrogen-bond donors (Lipinski definition) is 1. The molecule has 2 rings (SSSR count). The Morgan fingerprint density at radius 3 is 2.57 bits per heavy atom. The highest BCUT2D eigenvalue weighted by Crippen LogP contribution is 2.28. The van der Waals surface area contributed by atoms with E-state index in [1.54, 1.807) is 31.4 Å². The molecule has 21 heavy (non-hydrogen) atoms. The van der Waals surface area contributed by atoms with E-state index in [1.807, 2.05) is 30.3 Å². The lowest BCUT2D eigenvalue weighted by Gasteiger charge is -2.16. The number of amides is 1. The second-order valence-electron chi connectivity index (χ2n) is 4.27. The van der Waals surface area contributed by atoms with Crippen molar-refractivity contribution >= 4 is 29.3 Å². The number of anilines is 1. The first-order valence-corrected chi connectivity index (χ1v) is 6.65. The fraction of sp³-hybridized carbons (Fsp3) is 0.0625. The quantitative estimate of drug-likeness (QED) is 0.408. The van der Waals surface area contributed by atoms with Gasteiger partial charge in [0.25, 0.3) is 5.91 Å². The van der Waals surface area contributed by atoms with Crippen LogP contribution in [0.4, 0.5) is 5.69 Å². The van der Waals surface area contributed by atoms with Gasteiger partial charge in [-0.1, -0.05) is 41.9 Å². The molecule has 0 saturated carbocycles. The summed E-state index contributed by atoms with van der Waals surface area (Å²) in [4.78, 5) is 12.0. The SMILES string of the molecule is COc1ccc(N(N)C(=O)/C=C/c2ccccc2)c(Cl)c1. The first kappa shape index (κ1) is 15.1. The van der Waals surface area contributed by atoms with E-state index in [0.29, 0.717) is 16.5 Å². The normalized spacial score (nSPS) is 10.6. The topological polar surface area (TPSA) is 55.6 Å². The lowest BCUT2D eigenvalue weighted by molar-refractivity contribution is -0.114. The fourth-order valence-corrected chi connectivity index (χ4v) is 2.00. The van der Waals surface area contributed by atoms with Gasteiger partial charge in [-0.3, -0.25) is 4.79 Å². The molecule has 2 N–H and O–H groups in total. The third-order valence-corrected chi connectivity index (χ3v) is 3.17. The number of hydrogen-bond acceptors (Lipinski definition) is 3. The largest absolute Gasteiger partial charge is 0.497 e. The summed E-state index contributed by atoms with van der Waals surface area (Å²) in [5.74, 6) is 6.03. The van der Waals surface area contributed by atoms with E-state index in [9.17, 15) is 4.79 Å². The molecule has 2 aromatic rings. The van der Waals surface area contributed by atoms with Crippen molar-refractivity contribution in [3.05, 3.63) is 65.2 Å². The molecule has 0 aromatic heterocycles. The Hall–Kier alpha value is -2.30.